The number of thiophene rings is 3. The third kappa shape index (κ3) is 21.4. The van der Waals surface area contributed by atoms with Gasteiger partial charge in [0.1, 0.15) is 17.5 Å². The second kappa shape index (κ2) is 37.4. The summed E-state index contributed by atoms with van der Waals surface area (Å²) in [6.07, 6.45) is 18.1. The van der Waals surface area contributed by atoms with Gasteiger partial charge in [-0.15, -0.1) is 34.0 Å². The molecule has 23 nitrogen and oxygen atoms in total. The van der Waals surface area contributed by atoms with Gasteiger partial charge in [-0.1, -0.05) is 57.2 Å². The summed E-state index contributed by atoms with van der Waals surface area (Å²) < 4.78 is 5.34. The molecule has 584 valence electrons. The fourth-order valence-electron chi connectivity index (χ4n) is 15.0. The third-order valence-corrected chi connectivity index (χ3v) is 25.2. The number of ketones is 3. The number of likely N-dealkylation sites (N-methyl/N-ethyl adjacent to an activating group) is 1. The van der Waals surface area contributed by atoms with Gasteiger partial charge in [0.05, 0.1) is 29.9 Å². The molecule has 11 heterocycles. The van der Waals surface area contributed by atoms with Crippen LogP contribution in [0.25, 0.3) is 31.3 Å². The van der Waals surface area contributed by atoms with Gasteiger partial charge in [-0.2, -0.15) is 0 Å². The van der Waals surface area contributed by atoms with Gasteiger partial charge < -0.3 is 56.7 Å². The predicted molar refractivity (Wildman–Crippen MR) is 441 cm³/mol. The highest BCUT2D eigenvalue weighted by Crippen LogP contribution is 2.42. The fraction of sp³-hybridized carbons (Fsp3) is 0.435. The Bertz CT molecular complexity index is 4580. The van der Waals surface area contributed by atoms with Crippen LogP contribution in [0.2, 0.25) is 0 Å². The van der Waals surface area contributed by atoms with Gasteiger partial charge in [0.25, 0.3) is 0 Å². The smallest absolute Gasteiger partial charge is 0.320 e. The molecule has 111 heavy (non-hydrogen) atoms. The maximum Gasteiger partial charge on any atom is 0.320 e. The number of amides is 6. The minimum atomic E-state index is -0.0535. The van der Waals surface area contributed by atoms with Gasteiger partial charge in [0, 0.05) is 192 Å². The van der Waals surface area contributed by atoms with Crippen molar-refractivity contribution in [3.05, 3.63) is 195 Å². The normalized spacial score (nSPS) is 16.7. The number of benzene rings is 3. The Balaban J connectivity index is 0.000000155. The number of ether oxygens (including phenoxy) is 1. The molecule has 0 atom stereocenters. The van der Waals surface area contributed by atoms with Crippen LogP contribution in [-0.4, -0.2) is 200 Å². The number of hydrogen-bond donors (Lipinski definition) is 4. The average molecular weight is 1560 g/mol. The molecule has 0 saturated carbocycles. The lowest BCUT2D eigenvalue weighted by molar-refractivity contribution is 0.0400. The van der Waals surface area contributed by atoms with Crippen molar-refractivity contribution < 1.29 is 33.5 Å². The van der Waals surface area contributed by atoms with Crippen LogP contribution in [0.3, 0.4) is 0 Å². The molecule has 0 aliphatic carbocycles. The number of carbonyl (C=O) groups is 6. The van der Waals surface area contributed by atoms with E-state index in [4.69, 9.17) is 21.9 Å². The first-order valence-electron chi connectivity index (χ1n) is 38.7. The second-order valence-corrected chi connectivity index (χ2v) is 33.8. The summed E-state index contributed by atoms with van der Waals surface area (Å²) >= 11 is 4.98. The SMILES string of the molecule is CC(C)C1(Cc2ncc(C(=O)Cc3cc(-c4cccs4)ccc3N)cn2)CCN(C(=O)N2CCN(C)CC2)CC1.CC(C)NC(=O)N1CCC(C)(Cc2ncc(C(=O)Cc3cc(-c4cccs4)ccc3N)cn2)CC1.Nc1ccc(-c2cccs2)cc1CC(=O)c1cnc(CC2CCN(C(=O)N3CCOCC3)CC2)nc1. The summed E-state index contributed by atoms with van der Waals surface area (Å²) in [4.78, 5) is 120. The van der Waals surface area contributed by atoms with Crippen LogP contribution in [0.15, 0.2) is 144 Å². The van der Waals surface area contributed by atoms with Gasteiger partial charge in [0.15, 0.2) is 17.3 Å². The number of nitrogens with two attached hydrogens (primary N) is 3. The summed E-state index contributed by atoms with van der Waals surface area (Å²) in [6.45, 7) is 21.2. The van der Waals surface area contributed by atoms with E-state index in [-0.39, 0.29) is 71.6 Å². The number of morpholine rings is 1. The zero-order chi connectivity index (χ0) is 78.2. The lowest BCUT2D eigenvalue weighted by Gasteiger charge is -2.46. The number of Topliss-reactive ketones (excluding diaryl/α,β-unsaturated/α-hetero) is 3. The van der Waals surface area contributed by atoms with Gasteiger partial charge in [0.2, 0.25) is 0 Å². The van der Waals surface area contributed by atoms with Crippen LogP contribution in [0, 0.1) is 22.7 Å². The summed E-state index contributed by atoms with van der Waals surface area (Å²) in [5.41, 5.74) is 27.5. The summed E-state index contributed by atoms with van der Waals surface area (Å²) in [7, 11) is 2.10. The van der Waals surface area contributed by atoms with E-state index in [2.05, 4.69) is 86.1 Å². The number of rotatable bonds is 20. The maximum absolute atomic E-state index is 13.1. The molecule has 6 amide bonds. The Kier molecular flexibility index (Phi) is 27.2. The van der Waals surface area contributed by atoms with Crippen molar-refractivity contribution >= 4 is 86.5 Å². The molecule has 26 heteroatoms. The van der Waals surface area contributed by atoms with Gasteiger partial charge in [-0.25, -0.2) is 44.3 Å². The molecule has 0 bridgehead atoms. The molecule has 9 aromatic rings. The van der Waals surface area contributed by atoms with E-state index in [9.17, 15) is 28.8 Å². The summed E-state index contributed by atoms with van der Waals surface area (Å²) in [5, 5.41) is 9.06. The first-order valence-corrected chi connectivity index (χ1v) is 41.4. The lowest BCUT2D eigenvalue weighted by Crippen LogP contribution is -2.55. The number of anilines is 3. The molecule has 7 N–H and O–H groups in total. The number of urea groups is 3. The molecule has 5 aliphatic heterocycles. The number of piperidine rings is 3. The Hall–Kier alpha value is -9.86. The summed E-state index contributed by atoms with van der Waals surface area (Å²) in [5.74, 6) is 2.93. The molecule has 5 saturated heterocycles. The van der Waals surface area contributed by atoms with Crippen molar-refractivity contribution in [3.63, 3.8) is 0 Å². The van der Waals surface area contributed by atoms with Crippen molar-refractivity contribution in [1.82, 2.24) is 64.6 Å². The number of likely N-dealkylation sites (tertiary alicyclic amines) is 3. The lowest BCUT2D eigenvalue weighted by atomic mass is 9.67. The molecule has 5 fully saturated rings. The van der Waals surface area contributed by atoms with Crippen molar-refractivity contribution in [2.45, 2.75) is 118 Å². The first kappa shape index (κ1) is 80.7. The highest BCUT2D eigenvalue weighted by atomic mass is 32.1. The molecule has 0 unspecified atom stereocenters. The molecule has 5 aliphatic rings. The first-order chi connectivity index (χ1) is 53.5. The Morgan fingerprint density at radius 1 is 0.477 bits per heavy atom. The van der Waals surface area contributed by atoms with E-state index in [1.807, 2.05) is 127 Å². The topological polar surface area (TPSA) is 299 Å². The van der Waals surface area contributed by atoms with Crippen LogP contribution < -0.4 is 22.5 Å². The fourth-order valence-corrected chi connectivity index (χ4v) is 17.1. The second-order valence-electron chi connectivity index (χ2n) is 31.0. The van der Waals surface area contributed by atoms with E-state index < -0.39 is 0 Å². The minimum absolute atomic E-state index is 0.00253. The van der Waals surface area contributed by atoms with Gasteiger partial charge >= 0.3 is 18.1 Å². The molecule has 0 radical (unpaired) electrons. The minimum Gasteiger partial charge on any atom is -0.398 e. The van der Waals surface area contributed by atoms with Crippen LogP contribution in [0.4, 0.5) is 31.4 Å². The van der Waals surface area contributed by atoms with Gasteiger partial charge in [-0.3, -0.25) is 14.4 Å². The van der Waals surface area contributed by atoms with Crippen LogP contribution in [0.5, 0.6) is 0 Å². The number of nitrogen functional groups attached to an aromatic ring is 3. The van der Waals surface area contributed by atoms with Crippen LogP contribution in [0.1, 0.15) is 138 Å². The van der Waals surface area contributed by atoms with E-state index in [1.54, 1.807) is 71.2 Å². The molecule has 3 aromatic carbocycles. The Morgan fingerprint density at radius 3 is 1.25 bits per heavy atom. The standard InChI is InChI=1S/C31H40N6O2S.C27H31N5O3S.C27H33N5O2S/c1-22(2)31(8-10-36(11-9-31)30(39)37-14-12-35(3)13-15-37)19-29-33-20-25(21-34-29)27(38)18-24-17-23(6-7-26(24)32)28-5-4-16-40-28;28-23-4-3-20(25-2-1-13-36-25)15-21(23)16-24(33)22-17-29-26(30-18-22)14-19-5-7-31(8-6-19)27(34)32-9-11-35-12-10-32;1-18(2)31-26(34)32-10-8-27(3,9-11-32)15-25-29-16-21(17-30-25)23(33)14-20-13-19(6-7-22(20)28)24-5-4-12-35-24/h4-7,16-17,20-22H,8-15,18-19,32H2,1-3H3;1-4,13,15,17-19H,5-12,14,16,28H2;4-7,12-13,16-18H,8-11,14-15,28H2,1-3H3,(H,31,34). The molecule has 6 aromatic heterocycles. The summed E-state index contributed by atoms with van der Waals surface area (Å²) in [6, 6.07) is 30.2. The molecule has 0 spiro atoms. The van der Waals surface area contributed by atoms with Crippen LogP contribution >= 0.6 is 34.0 Å². The van der Waals surface area contributed by atoms with Crippen molar-refractivity contribution in [2.75, 3.05) is 116 Å². The van der Waals surface area contributed by atoms with E-state index in [0.29, 0.717) is 71.9 Å². The largest absolute Gasteiger partial charge is 0.398 e. The molecular weight excluding hydrogens is 1450 g/mol. The van der Waals surface area contributed by atoms with E-state index in [0.717, 1.165) is 189 Å². The number of aromatic nitrogens is 6. The van der Waals surface area contributed by atoms with Gasteiger partial charge in [-0.05, 0) is 186 Å². The quantitative estimate of drug-likeness (QED) is 0.0407. The number of hydrogen-bond acceptors (Lipinski definition) is 20. The Labute approximate surface area is 663 Å². The van der Waals surface area contributed by atoms with Crippen molar-refractivity contribution in [2.24, 2.45) is 22.7 Å². The van der Waals surface area contributed by atoms with Crippen molar-refractivity contribution in [1.29, 1.82) is 0 Å². The number of nitrogens with one attached hydrogen (secondary N) is 1. The molecular formula is C85H104N16O7S3. The zero-order valence-corrected chi connectivity index (χ0v) is 67.1. The molecule has 14 rings (SSSR count). The monoisotopic (exact) mass is 1560 g/mol. The highest BCUT2D eigenvalue weighted by molar-refractivity contribution is 7.14. The maximum atomic E-state index is 13.1. The van der Waals surface area contributed by atoms with Crippen molar-refractivity contribution in [3.8, 4) is 31.3 Å². The Morgan fingerprint density at radius 2 is 0.856 bits per heavy atom. The third-order valence-electron chi connectivity index (χ3n) is 22.4. The zero-order valence-electron chi connectivity index (χ0n) is 64.7. The number of carbonyl (C=O) groups excluding carboxylic acids is 6. The van der Waals surface area contributed by atoms with E-state index >= 15 is 0 Å². The number of piperazine rings is 1. The van der Waals surface area contributed by atoms with Crippen LogP contribution in [-0.2, 0) is 43.3 Å². The van der Waals surface area contributed by atoms with E-state index in [1.165, 1.54) is 0 Å². The number of nitrogens with zero attached hydrogens (tertiary/aromatic N) is 12. The predicted octanol–water partition coefficient (Wildman–Crippen LogP) is 13.8. The highest BCUT2D eigenvalue weighted by Gasteiger charge is 2.41. The average Bonchev–Trinajstić information content (AvgIpc) is 1.22.